The van der Waals surface area contributed by atoms with Gasteiger partial charge < -0.3 is 0 Å². The van der Waals surface area contributed by atoms with Crippen LogP contribution >= 0.6 is 0 Å². The highest BCUT2D eigenvalue weighted by molar-refractivity contribution is 5.80. The van der Waals surface area contributed by atoms with Crippen LogP contribution in [-0.4, -0.2) is 17.9 Å². The Bertz CT molecular complexity index is 160. The Morgan fingerprint density at radius 1 is 1.22 bits per heavy atom. The summed E-state index contributed by atoms with van der Waals surface area (Å²) in [4.78, 5) is 4.22. The van der Waals surface area contributed by atoms with E-state index in [1.807, 2.05) is 20.8 Å². The van der Waals surface area contributed by atoms with Crippen molar-refractivity contribution in [2.24, 2.45) is 15.2 Å². The molecule has 0 N–H and O–H groups in total. The highest BCUT2D eigenvalue weighted by atomic mass is 15.2. The van der Waals surface area contributed by atoms with E-state index in [-0.39, 0.29) is 6.04 Å². The Labute approximate surface area is 54.9 Å². The summed E-state index contributed by atoms with van der Waals surface area (Å²) in [5.41, 5.74) is 0. The van der Waals surface area contributed by atoms with E-state index in [0.717, 1.165) is 5.84 Å². The molecule has 0 aromatic rings. The first-order valence-electron chi connectivity index (χ1n) is 3.15. The van der Waals surface area contributed by atoms with E-state index in [2.05, 4.69) is 15.2 Å². The maximum Gasteiger partial charge on any atom is 0.142 e. The van der Waals surface area contributed by atoms with Crippen LogP contribution in [-0.2, 0) is 0 Å². The van der Waals surface area contributed by atoms with Gasteiger partial charge in [0.2, 0.25) is 0 Å². The summed E-state index contributed by atoms with van der Waals surface area (Å²) < 4.78 is 0. The van der Waals surface area contributed by atoms with E-state index in [4.69, 9.17) is 0 Å². The molecule has 1 aliphatic rings. The van der Waals surface area contributed by atoms with Gasteiger partial charge in [0, 0.05) is 0 Å². The molecule has 0 radical (unpaired) electrons. The van der Waals surface area contributed by atoms with Crippen LogP contribution in [0.5, 0.6) is 0 Å². The smallest absolute Gasteiger partial charge is 0.142 e. The standard InChI is InChI=1S/C6H11N3/c1-4-5(2)8-9-6(3)7-4/h4-5H,1-3H3/t4-,5+/m0/s1. The van der Waals surface area contributed by atoms with Gasteiger partial charge in [-0.2, -0.15) is 5.11 Å². The van der Waals surface area contributed by atoms with E-state index in [1.165, 1.54) is 0 Å². The molecule has 0 aromatic carbocycles. The first kappa shape index (κ1) is 6.39. The van der Waals surface area contributed by atoms with Gasteiger partial charge in [-0.1, -0.05) is 0 Å². The highest BCUT2D eigenvalue weighted by Crippen LogP contribution is 2.08. The summed E-state index contributed by atoms with van der Waals surface area (Å²) in [6.07, 6.45) is 0. The topological polar surface area (TPSA) is 37.1 Å². The molecule has 0 saturated carbocycles. The monoisotopic (exact) mass is 125 g/mol. The van der Waals surface area contributed by atoms with Crippen LogP contribution in [0, 0.1) is 0 Å². The van der Waals surface area contributed by atoms with E-state index >= 15 is 0 Å². The van der Waals surface area contributed by atoms with Crippen molar-refractivity contribution in [2.75, 3.05) is 0 Å². The summed E-state index contributed by atoms with van der Waals surface area (Å²) in [7, 11) is 0. The molecule has 0 unspecified atom stereocenters. The molecule has 3 nitrogen and oxygen atoms in total. The number of amidine groups is 1. The lowest BCUT2D eigenvalue weighted by molar-refractivity contribution is 0.569. The van der Waals surface area contributed by atoms with Crippen LogP contribution in [0.2, 0.25) is 0 Å². The summed E-state index contributed by atoms with van der Waals surface area (Å²) >= 11 is 0. The highest BCUT2D eigenvalue weighted by Gasteiger charge is 2.12. The van der Waals surface area contributed by atoms with Crippen LogP contribution in [0.15, 0.2) is 15.2 Å². The van der Waals surface area contributed by atoms with Crippen LogP contribution in [0.1, 0.15) is 20.8 Å². The van der Waals surface area contributed by atoms with Crippen molar-refractivity contribution < 1.29 is 0 Å². The second kappa shape index (κ2) is 2.25. The zero-order valence-electron chi connectivity index (χ0n) is 6.00. The largest absolute Gasteiger partial charge is 0.264 e. The Hall–Kier alpha value is -0.730. The first-order chi connectivity index (χ1) is 4.20. The lowest BCUT2D eigenvalue weighted by Gasteiger charge is -2.13. The fraction of sp³-hybridized carbons (Fsp3) is 0.833. The molecule has 0 aliphatic carbocycles. The molecule has 1 aliphatic heterocycles. The number of nitrogens with zero attached hydrogens (tertiary/aromatic N) is 3. The lowest BCUT2D eigenvalue weighted by Crippen LogP contribution is -2.19. The molecular weight excluding hydrogens is 114 g/mol. The van der Waals surface area contributed by atoms with Crippen LogP contribution in [0.25, 0.3) is 0 Å². The minimum absolute atomic E-state index is 0.258. The van der Waals surface area contributed by atoms with Gasteiger partial charge in [-0.15, -0.1) is 5.11 Å². The van der Waals surface area contributed by atoms with Crippen molar-refractivity contribution in [3.63, 3.8) is 0 Å². The Morgan fingerprint density at radius 2 is 1.89 bits per heavy atom. The fourth-order valence-electron chi connectivity index (χ4n) is 0.699. The van der Waals surface area contributed by atoms with Gasteiger partial charge in [0.15, 0.2) is 0 Å². The third kappa shape index (κ3) is 1.34. The van der Waals surface area contributed by atoms with Gasteiger partial charge in [0.05, 0.1) is 12.1 Å². The van der Waals surface area contributed by atoms with Crippen LogP contribution in [0.3, 0.4) is 0 Å². The molecule has 0 spiro atoms. The number of azo groups is 1. The van der Waals surface area contributed by atoms with E-state index in [1.54, 1.807) is 0 Å². The molecule has 50 valence electrons. The quantitative estimate of drug-likeness (QED) is 0.472. The second-order valence-corrected chi connectivity index (χ2v) is 2.37. The van der Waals surface area contributed by atoms with Crippen LogP contribution < -0.4 is 0 Å². The number of rotatable bonds is 0. The van der Waals surface area contributed by atoms with Crippen molar-refractivity contribution >= 4 is 5.84 Å². The number of hydrogen-bond donors (Lipinski definition) is 0. The zero-order chi connectivity index (χ0) is 6.85. The van der Waals surface area contributed by atoms with Gasteiger partial charge in [0.25, 0.3) is 0 Å². The van der Waals surface area contributed by atoms with Gasteiger partial charge in [-0.25, -0.2) is 0 Å². The predicted octanol–water partition coefficient (Wildman–Crippen LogP) is 1.65. The molecular formula is C6H11N3. The molecule has 0 saturated heterocycles. The van der Waals surface area contributed by atoms with Gasteiger partial charge in [-0.3, -0.25) is 4.99 Å². The summed E-state index contributed by atoms with van der Waals surface area (Å²) in [5, 5.41) is 7.82. The maximum absolute atomic E-state index is 4.22. The Kier molecular flexibility index (Phi) is 1.60. The lowest BCUT2D eigenvalue weighted by atomic mass is 10.2. The summed E-state index contributed by atoms with van der Waals surface area (Å²) in [6.45, 7) is 5.93. The minimum atomic E-state index is 0.258. The third-order valence-electron chi connectivity index (χ3n) is 1.47. The maximum atomic E-state index is 4.22. The average molecular weight is 125 g/mol. The van der Waals surface area contributed by atoms with Crippen molar-refractivity contribution in [3.8, 4) is 0 Å². The normalized spacial score (nSPS) is 34.3. The molecule has 0 fully saturated rings. The second-order valence-electron chi connectivity index (χ2n) is 2.37. The van der Waals surface area contributed by atoms with Crippen molar-refractivity contribution in [2.45, 2.75) is 32.9 Å². The third-order valence-corrected chi connectivity index (χ3v) is 1.47. The summed E-state index contributed by atoms with van der Waals surface area (Å²) in [6, 6.07) is 0.566. The molecule has 0 amide bonds. The van der Waals surface area contributed by atoms with Gasteiger partial charge in [0.1, 0.15) is 5.84 Å². The molecule has 1 heterocycles. The van der Waals surface area contributed by atoms with E-state index in [0.29, 0.717) is 6.04 Å². The number of hydrogen-bond acceptors (Lipinski definition) is 3. The zero-order valence-corrected chi connectivity index (χ0v) is 6.00. The average Bonchev–Trinajstić information content (AvgIpc) is 1.80. The summed E-state index contributed by atoms with van der Waals surface area (Å²) in [5.74, 6) is 0.792. The molecule has 0 aromatic heterocycles. The first-order valence-corrected chi connectivity index (χ1v) is 3.15. The molecule has 1 rings (SSSR count). The minimum Gasteiger partial charge on any atom is -0.264 e. The molecule has 2 atom stereocenters. The van der Waals surface area contributed by atoms with Gasteiger partial charge in [-0.05, 0) is 20.8 Å². The van der Waals surface area contributed by atoms with Crippen LogP contribution in [0.4, 0.5) is 0 Å². The number of aliphatic imine (C=N–C) groups is 1. The van der Waals surface area contributed by atoms with Crippen molar-refractivity contribution in [1.29, 1.82) is 0 Å². The predicted molar refractivity (Wildman–Crippen MR) is 36.9 cm³/mol. The Balaban J connectivity index is 2.70. The SMILES string of the molecule is CC1=N[C@@H](C)[C@@H](C)N=N1. The van der Waals surface area contributed by atoms with Gasteiger partial charge >= 0.3 is 0 Å². The Morgan fingerprint density at radius 3 is 2.33 bits per heavy atom. The fourth-order valence-corrected chi connectivity index (χ4v) is 0.699. The molecule has 9 heavy (non-hydrogen) atoms. The molecule has 3 heteroatoms. The van der Waals surface area contributed by atoms with E-state index in [9.17, 15) is 0 Å². The van der Waals surface area contributed by atoms with Crippen molar-refractivity contribution in [1.82, 2.24) is 0 Å². The van der Waals surface area contributed by atoms with Crippen molar-refractivity contribution in [3.05, 3.63) is 0 Å². The molecule has 0 bridgehead atoms. The van der Waals surface area contributed by atoms with E-state index < -0.39 is 0 Å².